The summed E-state index contributed by atoms with van der Waals surface area (Å²) < 4.78 is 6.33. The molecular formula is C25H21ClN2O4S. The fourth-order valence-electron chi connectivity index (χ4n) is 4.46. The molecule has 0 spiro atoms. The van der Waals surface area contributed by atoms with Gasteiger partial charge in [0.2, 0.25) is 5.91 Å². The number of halogens is 1. The van der Waals surface area contributed by atoms with Crippen molar-refractivity contribution in [2.24, 2.45) is 0 Å². The number of aromatic hydroxyl groups is 1. The smallest absolute Gasteiger partial charge is 0.268 e. The minimum atomic E-state index is -0.148. The second-order valence-electron chi connectivity index (χ2n) is 8.05. The Balaban J connectivity index is 1.58. The highest BCUT2D eigenvalue weighted by molar-refractivity contribution is 7.20. The van der Waals surface area contributed by atoms with Crippen LogP contribution in [0.3, 0.4) is 0 Å². The van der Waals surface area contributed by atoms with Gasteiger partial charge < -0.3 is 20.1 Å². The van der Waals surface area contributed by atoms with Crippen LogP contribution in [0, 0.1) is 0 Å². The summed E-state index contributed by atoms with van der Waals surface area (Å²) in [6, 6.07) is 14.6. The first kappa shape index (κ1) is 21.6. The Morgan fingerprint density at radius 3 is 2.73 bits per heavy atom. The third kappa shape index (κ3) is 3.67. The lowest BCUT2D eigenvalue weighted by molar-refractivity contribution is -0.114. The zero-order valence-corrected chi connectivity index (χ0v) is 19.6. The molecule has 2 amide bonds. The Bertz CT molecular complexity index is 1430. The van der Waals surface area contributed by atoms with E-state index in [1.807, 2.05) is 36.4 Å². The predicted molar refractivity (Wildman–Crippen MR) is 133 cm³/mol. The van der Waals surface area contributed by atoms with E-state index in [1.165, 1.54) is 18.3 Å². The molecule has 0 aliphatic carbocycles. The molecule has 0 fully saturated rings. The van der Waals surface area contributed by atoms with E-state index in [0.717, 1.165) is 21.0 Å². The quantitative estimate of drug-likeness (QED) is 0.367. The number of anilines is 2. The number of benzene rings is 3. The molecule has 8 heteroatoms. The summed E-state index contributed by atoms with van der Waals surface area (Å²) in [5.74, 6) is 0.767. The largest absolute Gasteiger partial charge is 0.507 e. The van der Waals surface area contributed by atoms with Gasteiger partial charge in [-0.1, -0.05) is 0 Å². The number of alkyl halides is 1. The summed E-state index contributed by atoms with van der Waals surface area (Å²) in [6.45, 7) is 1.89. The van der Waals surface area contributed by atoms with Gasteiger partial charge in [0.1, 0.15) is 11.5 Å². The van der Waals surface area contributed by atoms with Crippen molar-refractivity contribution in [3.8, 4) is 11.5 Å². The lowest BCUT2D eigenvalue weighted by atomic mass is 9.95. The normalized spacial score (nSPS) is 15.1. The first-order valence-electron chi connectivity index (χ1n) is 10.4. The van der Waals surface area contributed by atoms with Crippen LogP contribution in [0.4, 0.5) is 11.4 Å². The molecule has 3 aromatic carbocycles. The number of rotatable bonds is 4. The van der Waals surface area contributed by atoms with Crippen molar-refractivity contribution in [2.45, 2.75) is 12.8 Å². The van der Waals surface area contributed by atoms with E-state index in [4.69, 9.17) is 16.3 Å². The molecule has 1 aliphatic rings. The first-order valence-corrected chi connectivity index (χ1v) is 11.8. The van der Waals surface area contributed by atoms with Crippen molar-refractivity contribution in [1.29, 1.82) is 0 Å². The lowest BCUT2D eigenvalue weighted by Crippen LogP contribution is -2.29. The maximum Gasteiger partial charge on any atom is 0.268 e. The molecule has 0 saturated carbocycles. The van der Waals surface area contributed by atoms with Crippen LogP contribution in [0.5, 0.6) is 11.5 Å². The van der Waals surface area contributed by atoms with E-state index in [0.29, 0.717) is 39.8 Å². The number of fused-ring (bicyclic) bond motifs is 4. The Morgan fingerprint density at radius 1 is 1.18 bits per heavy atom. The highest BCUT2D eigenvalue weighted by Gasteiger charge is 2.35. The number of hydrogen-bond donors (Lipinski definition) is 2. The van der Waals surface area contributed by atoms with Crippen molar-refractivity contribution in [2.75, 3.05) is 29.8 Å². The molecule has 1 aliphatic heterocycles. The summed E-state index contributed by atoms with van der Waals surface area (Å²) in [4.78, 5) is 27.2. The van der Waals surface area contributed by atoms with Gasteiger partial charge in [-0.15, -0.1) is 22.9 Å². The number of carbonyl (C=O) groups is 2. The van der Waals surface area contributed by atoms with Crippen molar-refractivity contribution >= 4 is 67.0 Å². The van der Waals surface area contributed by atoms with Crippen LogP contribution in [0.2, 0.25) is 0 Å². The molecule has 1 aromatic heterocycles. The average molecular weight is 481 g/mol. The van der Waals surface area contributed by atoms with E-state index in [2.05, 4.69) is 5.32 Å². The van der Waals surface area contributed by atoms with Crippen LogP contribution in [-0.2, 0) is 4.79 Å². The van der Waals surface area contributed by atoms with Gasteiger partial charge in [-0.2, -0.15) is 0 Å². The van der Waals surface area contributed by atoms with E-state index < -0.39 is 0 Å². The minimum absolute atomic E-state index is 0.0680. The van der Waals surface area contributed by atoms with Gasteiger partial charge in [-0.25, -0.2) is 0 Å². The van der Waals surface area contributed by atoms with Crippen LogP contribution in [0.1, 0.15) is 28.1 Å². The van der Waals surface area contributed by atoms with Gasteiger partial charge in [-0.3, -0.25) is 9.59 Å². The number of nitrogens with zero attached hydrogens (tertiary/aromatic N) is 1. The second-order valence-corrected chi connectivity index (χ2v) is 9.44. The van der Waals surface area contributed by atoms with Gasteiger partial charge in [0.15, 0.2) is 0 Å². The maximum absolute atomic E-state index is 13.6. The van der Waals surface area contributed by atoms with E-state index >= 15 is 0 Å². The van der Waals surface area contributed by atoms with Gasteiger partial charge in [0.05, 0.1) is 17.7 Å². The summed E-state index contributed by atoms with van der Waals surface area (Å²) in [5.41, 5.74) is 2.30. The monoisotopic (exact) mass is 480 g/mol. The van der Waals surface area contributed by atoms with Crippen LogP contribution in [0.25, 0.3) is 20.9 Å². The topological polar surface area (TPSA) is 78.9 Å². The van der Waals surface area contributed by atoms with Crippen LogP contribution >= 0.6 is 22.9 Å². The Kier molecular flexibility index (Phi) is 5.38. The number of hydrogen-bond acceptors (Lipinski definition) is 5. The summed E-state index contributed by atoms with van der Waals surface area (Å²) in [5, 5.41) is 15.9. The molecule has 6 nitrogen and oxygen atoms in total. The van der Waals surface area contributed by atoms with Crippen molar-refractivity contribution in [1.82, 2.24) is 0 Å². The molecule has 168 valence electrons. The Morgan fingerprint density at radius 2 is 2.00 bits per heavy atom. The Labute approximate surface area is 199 Å². The van der Waals surface area contributed by atoms with E-state index in [9.17, 15) is 14.7 Å². The first-order chi connectivity index (χ1) is 15.9. The number of phenols is 1. The third-order valence-corrected chi connectivity index (χ3v) is 7.40. The van der Waals surface area contributed by atoms with Crippen LogP contribution < -0.4 is 15.0 Å². The SMILES string of the molecule is COc1ccc2c(O)cc3c(c2c1)[C@H](CCl)CN3C(=O)c1cc2cc(NC(C)=O)ccc2s1. The summed E-state index contributed by atoms with van der Waals surface area (Å²) in [7, 11) is 1.60. The highest BCUT2D eigenvalue weighted by Crippen LogP contribution is 2.47. The average Bonchev–Trinajstić information content (AvgIpc) is 3.39. The van der Waals surface area contributed by atoms with Crippen molar-refractivity contribution < 1.29 is 19.4 Å². The molecule has 0 saturated heterocycles. The number of carbonyl (C=O) groups excluding carboxylic acids is 2. The molecule has 0 unspecified atom stereocenters. The fourth-order valence-corrected chi connectivity index (χ4v) is 5.71. The Hall–Kier alpha value is -3.29. The number of methoxy groups -OCH3 is 1. The van der Waals surface area contributed by atoms with E-state index in [-0.39, 0.29) is 23.5 Å². The highest BCUT2D eigenvalue weighted by atomic mass is 35.5. The number of phenolic OH excluding ortho intramolecular Hbond substituents is 1. The van der Waals surface area contributed by atoms with Crippen molar-refractivity contribution in [3.63, 3.8) is 0 Å². The lowest BCUT2D eigenvalue weighted by Gasteiger charge is -2.17. The zero-order valence-electron chi connectivity index (χ0n) is 18.0. The fraction of sp³-hybridized carbons (Fsp3) is 0.200. The zero-order chi connectivity index (χ0) is 23.3. The number of ether oxygens (including phenoxy) is 1. The second kappa shape index (κ2) is 8.24. The molecule has 5 rings (SSSR count). The van der Waals surface area contributed by atoms with Crippen molar-refractivity contribution in [3.05, 3.63) is 59.0 Å². The van der Waals surface area contributed by atoms with Crippen LogP contribution in [-0.4, -0.2) is 36.5 Å². The van der Waals surface area contributed by atoms with Gasteiger partial charge in [0.25, 0.3) is 5.91 Å². The molecule has 2 heterocycles. The molecule has 4 aromatic rings. The number of nitrogens with one attached hydrogen (secondary N) is 1. The van der Waals surface area contributed by atoms with Gasteiger partial charge >= 0.3 is 0 Å². The molecule has 33 heavy (non-hydrogen) atoms. The number of thiophene rings is 1. The van der Waals surface area contributed by atoms with E-state index in [1.54, 1.807) is 24.1 Å². The minimum Gasteiger partial charge on any atom is -0.507 e. The standard InChI is InChI=1S/C25H21ClN2O4S/c1-13(29)27-16-3-6-22-14(7-16)8-23(33-22)25(31)28-12-15(11-26)24-19-9-17(32-2)4-5-18(19)21(30)10-20(24)28/h3-10,15,30H,11-12H2,1-2H3,(H,27,29)/t15-/m1/s1. The molecular weight excluding hydrogens is 460 g/mol. The third-order valence-electron chi connectivity index (χ3n) is 5.92. The maximum atomic E-state index is 13.6. The predicted octanol–water partition coefficient (Wildman–Crippen LogP) is 5.71. The van der Waals surface area contributed by atoms with Gasteiger partial charge in [0, 0.05) is 47.1 Å². The molecule has 0 radical (unpaired) electrons. The van der Waals surface area contributed by atoms with Gasteiger partial charge in [-0.05, 0) is 58.8 Å². The summed E-state index contributed by atoms with van der Waals surface area (Å²) >= 11 is 7.72. The number of amides is 2. The molecule has 0 bridgehead atoms. The summed E-state index contributed by atoms with van der Waals surface area (Å²) in [6.07, 6.45) is 0. The molecule has 1 atom stereocenters. The van der Waals surface area contributed by atoms with Crippen LogP contribution in [0.15, 0.2) is 48.5 Å². The molecule has 2 N–H and O–H groups in total.